The topological polar surface area (TPSA) is 74.2 Å². The Kier molecular flexibility index (Phi) is 14.8. The largest absolute Gasteiger partial charge is 0.167 e. The average Bonchev–Trinajstić information content (AvgIpc) is 2.56. The van der Waals surface area contributed by atoms with Crippen LogP contribution < -0.4 is 0 Å². The van der Waals surface area contributed by atoms with Crippen molar-refractivity contribution in [2.45, 2.75) is 96.3 Å². The molecule has 132 valence electrons. The molecule has 0 aromatic rings. The van der Waals surface area contributed by atoms with Crippen molar-refractivity contribution in [1.82, 2.24) is 0 Å². The molecule has 0 bridgehead atoms. The fraction of sp³-hybridized carbons (Fsp3) is 1.00. The molecule has 23 heavy (non-hydrogen) atoms. The van der Waals surface area contributed by atoms with Crippen LogP contribution in [0.25, 0.3) is 0 Å². The SMILES string of the molecule is C1CCCCCCCCN=N/N=N\N=NCCCCCCCC1. The third kappa shape index (κ3) is 15.5. The van der Waals surface area contributed by atoms with Crippen LogP contribution >= 0.6 is 0 Å². The van der Waals surface area contributed by atoms with Crippen molar-refractivity contribution in [1.29, 1.82) is 0 Å². The minimum Gasteiger partial charge on any atom is -0.167 e. The molecule has 1 aliphatic heterocycles. The van der Waals surface area contributed by atoms with Crippen LogP contribution in [-0.4, -0.2) is 13.1 Å². The number of hydrogen-bond donors (Lipinski definition) is 0. The van der Waals surface area contributed by atoms with E-state index in [4.69, 9.17) is 0 Å². The molecule has 6 nitrogen and oxygen atoms in total. The molecule has 0 unspecified atom stereocenters. The summed E-state index contributed by atoms with van der Waals surface area (Å²) in [5.41, 5.74) is 0. The predicted molar refractivity (Wildman–Crippen MR) is 93.6 cm³/mol. The minimum absolute atomic E-state index is 0.732. The molecule has 0 amide bonds. The van der Waals surface area contributed by atoms with Crippen molar-refractivity contribution in [3.8, 4) is 0 Å². The Hall–Kier alpha value is -1.20. The first-order chi connectivity index (χ1) is 11.5. The van der Waals surface area contributed by atoms with E-state index in [0.717, 1.165) is 25.9 Å². The van der Waals surface area contributed by atoms with E-state index in [-0.39, 0.29) is 0 Å². The molecule has 6 heteroatoms. The molecule has 0 aromatic heterocycles. The van der Waals surface area contributed by atoms with E-state index in [0.29, 0.717) is 0 Å². The van der Waals surface area contributed by atoms with Gasteiger partial charge in [-0.1, -0.05) is 83.5 Å². The second-order valence-corrected chi connectivity index (χ2v) is 6.39. The molecule has 0 spiro atoms. The average molecular weight is 323 g/mol. The Morgan fingerprint density at radius 3 is 0.826 bits per heavy atom. The molecule has 0 atom stereocenters. The number of rotatable bonds is 0. The maximum absolute atomic E-state index is 3.96. The van der Waals surface area contributed by atoms with Gasteiger partial charge in [0.1, 0.15) is 0 Å². The lowest BCUT2D eigenvalue weighted by Crippen LogP contribution is -1.85. The zero-order valence-corrected chi connectivity index (χ0v) is 14.7. The van der Waals surface area contributed by atoms with E-state index >= 15 is 0 Å². The number of nitrogens with zero attached hydrogens (tertiary/aromatic N) is 6. The molecule has 0 N–H and O–H groups in total. The third-order valence-electron chi connectivity index (χ3n) is 4.26. The molecule has 1 rings (SSSR count). The van der Waals surface area contributed by atoms with E-state index in [1.54, 1.807) is 0 Å². The molecular weight excluding hydrogens is 288 g/mol. The van der Waals surface area contributed by atoms with E-state index < -0.39 is 0 Å². The molecule has 1 heterocycles. The van der Waals surface area contributed by atoms with E-state index in [2.05, 4.69) is 31.1 Å². The van der Waals surface area contributed by atoms with Gasteiger partial charge in [-0.15, -0.1) is 0 Å². The second-order valence-electron chi connectivity index (χ2n) is 6.39. The summed E-state index contributed by atoms with van der Waals surface area (Å²) >= 11 is 0. The molecule has 0 saturated carbocycles. The van der Waals surface area contributed by atoms with Gasteiger partial charge in [-0.25, -0.2) is 0 Å². The Morgan fingerprint density at radius 2 is 0.522 bits per heavy atom. The van der Waals surface area contributed by atoms with Gasteiger partial charge in [0.15, 0.2) is 0 Å². The van der Waals surface area contributed by atoms with Crippen LogP contribution in [0.5, 0.6) is 0 Å². The van der Waals surface area contributed by atoms with Crippen molar-refractivity contribution >= 4 is 0 Å². The molecule has 1 aliphatic rings. The quantitative estimate of drug-likeness (QED) is 0.458. The minimum atomic E-state index is 0.732. The van der Waals surface area contributed by atoms with Crippen LogP contribution in [0, 0.1) is 0 Å². The van der Waals surface area contributed by atoms with Gasteiger partial charge >= 0.3 is 0 Å². The summed E-state index contributed by atoms with van der Waals surface area (Å²) in [5, 5.41) is 22.2. The fourth-order valence-electron chi connectivity index (χ4n) is 2.84. The maximum Gasteiger partial charge on any atom is 0.0621 e. The van der Waals surface area contributed by atoms with Gasteiger partial charge in [-0.3, -0.25) is 0 Å². The highest BCUT2D eigenvalue weighted by Crippen LogP contribution is 2.13. The van der Waals surface area contributed by atoms with Gasteiger partial charge in [-0.05, 0) is 33.7 Å². The standard InChI is InChI=1S/C17H34N6/c1-2-4-6-8-10-12-14-16-18-20-22-23-21-19-17-15-13-11-9-7-5-3-1/h1-17H2/b20-18?,21-19?,23-22-. The van der Waals surface area contributed by atoms with E-state index in [9.17, 15) is 0 Å². The summed E-state index contributed by atoms with van der Waals surface area (Å²) in [6.07, 6.45) is 19.8. The van der Waals surface area contributed by atoms with Crippen LogP contribution in [0.4, 0.5) is 0 Å². The summed E-state index contributed by atoms with van der Waals surface area (Å²) in [4.78, 5) is 0. The van der Waals surface area contributed by atoms with Gasteiger partial charge in [-0.2, -0.15) is 10.2 Å². The second kappa shape index (κ2) is 17.2. The summed E-state index contributed by atoms with van der Waals surface area (Å²) in [6, 6.07) is 0. The Labute approximate surface area is 141 Å². The van der Waals surface area contributed by atoms with Crippen LogP contribution in [-0.2, 0) is 0 Å². The van der Waals surface area contributed by atoms with Gasteiger partial charge in [0.05, 0.1) is 13.1 Å². The molecule has 0 radical (unpaired) electrons. The van der Waals surface area contributed by atoms with Crippen LogP contribution in [0.15, 0.2) is 31.1 Å². The van der Waals surface area contributed by atoms with Gasteiger partial charge in [0.2, 0.25) is 0 Å². The molecule has 0 saturated heterocycles. The van der Waals surface area contributed by atoms with Gasteiger partial charge in [0.25, 0.3) is 0 Å². The highest BCUT2D eigenvalue weighted by atomic mass is 15.6. The molecule has 0 fully saturated rings. The van der Waals surface area contributed by atoms with Crippen molar-refractivity contribution in [3.63, 3.8) is 0 Å². The lowest BCUT2D eigenvalue weighted by Gasteiger charge is -2.03. The van der Waals surface area contributed by atoms with Crippen molar-refractivity contribution in [2.24, 2.45) is 31.1 Å². The lowest BCUT2D eigenvalue weighted by atomic mass is 10.0. The molecular formula is C17H34N6. The number of hydrogen-bond acceptors (Lipinski definition) is 6. The van der Waals surface area contributed by atoms with Crippen LogP contribution in [0.1, 0.15) is 96.3 Å². The highest BCUT2D eigenvalue weighted by Gasteiger charge is 1.95. The zero-order valence-electron chi connectivity index (χ0n) is 14.7. The van der Waals surface area contributed by atoms with Crippen molar-refractivity contribution < 1.29 is 0 Å². The Balaban J connectivity index is 2.15. The first-order valence-corrected chi connectivity index (χ1v) is 9.63. The van der Waals surface area contributed by atoms with Gasteiger partial charge < -0.3 is 0 Å². The van der Waals surface area contributed by atoms with Crippen LogP contribution in [0.3, 0.4) is 0 Å². The van der Waals surface area contributed by atoms with E-state index in [1.165, 1.54) is 83.5 Å². The monoisotopic (exact) mass is 322 g/mol. The van der Waals surface area contributed by atoms with Crippen LogP contribution in [0.2, 0.25) is 0 Å². The summed E-state index contributed by atoms with van der Waals surface area (Å²) in [5.74, 6) is 0. The Morgan fingerprint density at radius 1 is 0.261 bits per heavy atom. The predicted octanol–water partition coefficient (Wildman–Crippen LogP) is 7.04. The summed E-state index contributed by atoms with van der Waals surface area (Å²) in [7, 11) is 0. The lowest BCUT2D eigenvalue weighted by molar-refractivity contribution is 0.531. The smallest absolute Gasteiger partial charge is 0.0621 e. The third-order valence-corrected chi connectivity index (χ3v) is 4.26. The summed E-state index contributed by atoms with van der Waals surface area (Å²) < 4.78 is 0. The summed E-state index contributed by atoms with van der Waals surface area (Å²) in [6.45, 7) is 1.46. The fourth-order valence-corrected chi connectivity index (χ4v) is 2.84. The Bertz CT molecular complexity index is 297. The first-order valence-electron chi connectivity index (χ1n) is 9.63. The zero-order chi connectivity index (χ0) is 16.3. The normalized spacial score (nSPS) is 23.3. The van der Waals surface area contributed by atoms with Gasteiger partial charge in [0, 0.05) is 0 Å². The first kappa shape index (κ1) is 19.8. The van der Waals surface area contributed by atoms with Crippen molar-refractivity contribution in [2.75, 3.05) is 13.1 Å². The highest BCUT2D eigenvalue weighted by molar-refractivity contribution is 4.51. The molecule has 0 aliphatic carbocycles. The van der Waals surface area contributed by atoms with E-state index in [1.807, 2.05) is 0 Å². The molecule has 0 aromatic carbocycles. The maximum atomic E-state index is 3.96. The van der Waals surface area contributed by atoms with Crippen molar-refractivity contribution in [3.05, 3.63) is 0 Å².